The highest BCUT2D eigenvalue weighted by atomic mass is 35.5. The van der Waals surface area contributed by atoms with Crippen LogP contribution < -0.4 is 0 Å². The number of hydrogen-bond donors (Lipinski definition) is 0. The first kappa shape index (κ1) is 13.2. The Bertz CT molecular complexity index is 731. The number of nitrogens with zero attached hydrogens (tertiary/aromatic N) is 2. The van der Waals surface area contributed by atoms with Crippen LogP contribution >= 0.6 is 23.2 Å². The molecular weight excluding hydrogens is 295 g/mol. The Labute approximate surface area is 126 Å². The summed E-state index contributed by atoms with van der Waals surface area (Å²) in [4.78, 5) is 8.61. The summed E-state index contributed by atoms with van der Waals surface area (Å²) >= 11 is 12.6. The second-order valence-electron chi connectivity index (χ2n) is 4.33. The van der Waals surface area contributed by atoms with Crippen LogP contribution in [0.1, 0.15) is 5.56 Å². The predicted molar refractivity (Wildman–Crippen MR) is 79.9 cm³/mol. The third kappa shape index (κ3) is 2.30. The van der Waals surface area contributed by atoms with Crippen molar-refractivity contribution in [3.05, 3.63) is 58.7 Å². The average molecular weight is 305 g/mol. The van der Waals surface area contributed by atoms with Crippen LogP contribution in [0.15, 0.2) is 47.3 Å². The molecule has 3 nitrogen and oxygen atoms in total. The molecule has 0 spiro atoms. The quantitative estimate of drug-likeness (QED) is 0.624. The van der Waals surface area contributed by atoms with Gasteiger partial charge in [-0.15, -0.1) is 0 Å². The van der Waals surface area contributed by atoms with Crippen LogP contribution in [0.2, 0.25) is 10.3 Å². The van der Waals surface area contributed by atoms with E-state index in [1.807, 2.05) is 31.2 Å². The first-order valence-corrected chi connectivity index (χ1v) is 6.74. The van der Waals surface area contributed by atoms with Crippen LogP contribution in [0, 0.1) is 6.92 Å². The van der Waals surface area contributed by atoms with Gasteiger partial charge in [0.2, 0.25) is 0 Å². The molecule has 5 heteroatoms. The highest BCUT2D eigenvalue weighted by molar-refractivity contribution is 6.38. The molecule has 2 aromatic heterocycles. The molecule has 0 fully saturated rings. The molecule has 0 amide bonds. The van der Waals surface area contributed by atoms with Gasteiger partial charge in [-0.25, -0.2) is 9.97 Å². The van der Waals surface area contributed by atoms with Crippen molar-refractivity contribution in [1.29, 1.82) is 0 Å². The lowest BCUT2D eigenvalue weighted by molar-refractivity contribution is 0.568. The second kappa shape index (κ2) is 5.27. The van der Waals surface area contributed by atoms with Gasteiger partial charge in [0.1, 0.15) is 16.6 Å². The number of aryl methyl sites for hydroxylation is 1. The lowest BCUT2D eigenvalue weighted by atomic mass is 10.0. The van der Waals surface area contributed by atoms with Crippen LogP contribution in [-0.4, -0.2) is 9.97 Å². The first-order chi connectivity index (χ1) is 9.66. The third-order valence-electron chi connectivity index (χ3n) is 3.01. The van der Waals surface area contributed by atoms with Gasteiger partial charge in [0.25, 0.3) is 0 Å². The van der Waals surface area contributed by atoms with Gasteiger partial charge >= 0.3 is 0 Å². The highest BCUT2D eigenvalue weighted by Gasteiger charge is 2.16. The largest absolute Gasteiger partial charge is 0.472 e. The maximum absolute atomic E-state index is 6.29. The molecule has 0 bridgehead atoms. The van der Waals surface area contributed by atoms with Gasteiger partial charge in [-0.2, -0.15) is 0 Å². The smallest absolute Gasteiger partial charge is 0.165 e. The zero-order valence-electron chi connectivity index (χ0n) is 10.6. The molecule has 0 aliphatic heterocycles. The summed E-state index contributed by atoms with van der Waals surface area (Å²) in [6, 6.07) is 9.59. The van der Waals surface area contributed by atoms with E-state index in [2.05, 4.69) is 9.97 Å². The number of halogens is 2. The van der Waals surface area contributed by atoms with Crippen molar-refractivity contribution in [2.45, 2.75) is 6.92 Å². The summed E-state index contributed by atoms with van der Waals surface area (Å²) in [5.74, 6) is 0.450. The fourth-order valence-electron chi connectivity index (χ4n) is 2.00. The number of furan rings is 1. The number of aromatic nitrogens is 2. The van der Waals surface area contributed by atoms with Crippen molar-refractivity contribution in [2.75, 3.05) is 0 Å². The summed E-state index contributed by atoms with van der Waals surface area (Å²) in [5.41, 5.74) is 3.39. The fourth-order valence-corrected chi connectivity index (χ4v) is 2.60. The Morgan fingerprint density at radius 1 is 1.00 bits per heavy atom. The molecule has 3 aromatic rings. The van der Waals surface area contributed by atoms with E-state index in [0.29, 0.717) is 21.7 Å². The molecule has 1 aromatic carbocycles. The number of benzene rings is 1. The van der Waals surface area contributed by atoms with Crippen molar-refractivity contribution in [3.63, 3.8) is 0 Å². The molecule has 0 unspecified atom stereocenters. The SMILES string of the molecule is Cc1ccccc1-c1c(Cl)nc(-c2ccoc2)nc1Cl. The molecule has 0 saturated carbocycles. The van der Waals surface area contributed by atoms with Crippen molar-refractivity contribution >= 4 is 23.2 Å². The van der Waals surface area contributed by atoms with Crippen molar-refractivity contribution in [2.24, 2.45) is 0 Å². The van der Waals surface area contributed by atoms with Crippen molar-refractivity contribution in [1.82, 2.24) is 9.97 Å². The Morgan fingerprint density at radius 2 is 1.70 bits per heavy atom. The summed E-state index contributed by atoms with van der Waals surface area (Å²) in [7, 11) is 0. The molecule has 0 saturated heterocycles. The monoisotopic (exact) mass is 304 g/mol. The first-order valence-electron chi connectivity index (χ1n) is 5.98. The minimum Gasteiger partial charge on any atom is -0.472 e. The van der Waals surface area contributed by atoms with E-state index < -0.39 is 0 Å². The summed E-state index contributed by atoms with van der Waals surface area (Å²) in [5, 5.41) is 0.658. The van der Waals surface area contributed by atoms with E-state index in [0.717, 1.165) is 16.7 Å². The Morgan fingerprint density at radius 3 is 2.30 bits per heavy atom. The zero-order valence-corrected chi connectivity index (χ0v) is 12.1. The molecule has 2 heterocycles. The Hall–Kier alpha value is -1.84. The number of hydrogen-bond acceptors (Lipinski definition) is 3. The molecule has 3 rings (SSSR count). The minimum absolute atomic E-state index is 0.329. The second-order valence-corrected chi connectivity index (χ2v) is 5.05. The van der Waals surface area contributed by atoms with E-state index in [9.17, 15) is 0 Å². The third-order valence-corrected chi connectivity index (χ3v) is 3.56. The normalized spacial score (nSPS) is 10.8. The summed E-state index contributed by atoms with van der Waals surface area (Å²) in [6.07, 6.45) is 3.10. The zero-order chi connectivity index (χ0) is 14.1. The van der Waals surface area contributed by atoms with Gasteiger partial charge in [0, 0.05) is 0 Å². The lowest BCUT2D eigenvalue weighted by Gasteiger charge is -2.10. The van der Waals surface area contributed by atoms with Crippen LogP contribution in [0.5, 0.6) is 0 Å². The van der Waals surface area contributed by atoms with Gasteiger partial charge in [-0.05, 0) is 24.1 Å². The lowest BCUT2D eigenvalue weighted by Crippen LogP contribution is -1.95. The molecule has 0 N–H and O–H groups in total. The molecule has 0 aliphatic rings. The van der Waals surface area contributed by atoms with E-state index in [4.69, 9.17) is 27.6 Å². The molecule has 0 atom stereocenters. The van der Waals surface area contributed by atoms with Crippen molar-refractivity contribution < 1.29 is 4.42 Å². The van der Waals surface area contributed by atoms with Gasteiger partial charge in [-0.1, -0.05) is 47.5 Å². The van der Waals surface area contributed by atoms with Crippen LogP contribution in [0.3, 0.4) is 0 Å². The van der Waals surface area contributed by atoms with Gasteiger partial charge in [0.05, 0.1) is 17.4 Å². The van der Waals surface area contributed by atoms with Crippen molar-refractivity contribution in [3.8, 4) is 22.5 Å². The van der Waals surface area contributed by atoms with E-state index in [-0.39, 0.29) is 0 Å². The van der Waals surface area contributed by atoms with E-state index in [1.54, 1.807) is 18.6 Å². The van der Waals surface area contributed by atoms with Crippen LogP contribution in [0.25, 0.3) is 22.5 Å². The Balaban J connectivity index is 2.17. The molecule has 0 radical (unpaired) electrons. The molecule has 20 heavy (non-hydrogen) atoms. The van der Waals surface area contributed by atoms with Crippen LogP contribution in [-0.2, 0) is 0 Å². The van der Waals surface area contributed by atoms with E-state index in [1.165, 1.54) is 0 Å². The fraction of sp³-hybridized carbons (Fsp3) is 0.0667. The van der Waals surface area contributed by atoms with Gasteiger partial charge < -0.3 is 4.42 Å². The minimum atomic E-state index is 0.329. The maximum Gasteiger partial charge on any atom is 0.165 e. The number of rotatable bonds is 2. The van der Waals surface area contributed by atoms with Crippen LogP contribution in [0.4, 0.5) is 0 Å². The van der Waals surface area contributed by atoms with Gasteiger partial charge in [-0.3, -0.25) is 0 Å². The Kier molecular flexibility index (Phi) is 3.47. The average Bonchev–Trinajstić information content (AvgIpc) is 2.94. The predicted octanol–water partition coefficient (Wildman–Crippen LogP) is 5.02. The summed E-state index contributed by atoms with van der Waals surface area (Å²) < 4.78 is 5.02. The van der Waals surface area contributed by atoms with E-state index >= 15 is 0 Å². The maximum atomic E-state index is 6.29. The topological polar surface area (TPSA) is 38.9 Å². The molecule has 0 aliphatic carbocycles. The molecular formula is C15H10Cl2N2O. The summed E-state index contributed by atoms with van der Waals surface area (Å²) in [6.45, 7) is 1.99. The van der Waals surface area contributed by atoms with Gasteiger partial charge in [0.15, 0.2) is 5.82 Å². The highest BCUT2D eigenvalue weighted by Crippen LogP contribution is 2.35. The standard InChI is InChI=1S/C15H10Cl2N2O/c1-9-4-2-3-5-11(9)12-13(16)18-15(19-14(12)17)10-6-7-20-8-10/h2-8H,1H3. The molecule has 100 valence electrons.